The summed E-state index contributed by atoms with van der Waals surface area (Å²) >= 11 is 3.24. The van der Waals surface area contributed by atoms with Crippen molar-refractivity contribution in [3.63, 3.8) is 0 Å². The molecule has 14 nitrogen and oxygen atoms in total. The first kappa shape index (κ1) is 31.6. The highest BCUT2D eigenvalue weighted by Crippen LogP contribution is 2.36. The molecule has 1 aromatic heterocycles. The van der Waals surface area contributed by atoms with E-state index in [-0.39, 0.29) is 27.0 Å². The number of halogens is 1. The molecule has 0 bridgehead atoms. The van der Waals surface area contributed by atoms with E-state index in [1.54, 1.807) is 24.3 Å². The van der Waals surface area contributed by atoms with Crippen LogP contribution in [0.2, 0.25) is 0 Å². The summed E-state index contributed by atoms with van der Waals surface area (Å²) in [5, 5.41) is 72.1. The second-order valence-corrected chi connectivity index (χ2v) is 11.1. The van der Waals surface area contributed by atoms with Gasteiger partial charge in [-0.3, -0.25) is 4.79 Å². The maximum absolute atomic E-state index is 13.1. The third-order valence-electron chi connectivity index (χ3n) is 7.40. The Balaban J connectivity index is 1.37. The molecular weight excluding hydrogens is 640 g/mol. The molecule has 10 atom stereocenters. The fourth-order valence-electron chi connectivity index (χ4n) is 4.88. The summed E-state index contributed by atoms with van der Waals surface area (Å²) in [6.45, 7) is 0.977. The molecule has 234 valence electrons. The van der Waals surface area contributed by atoms with Crippen LogP contribution in [0.3, 0.4) is 0 Å². The largest absolute Gasteiger partial charge is 0.507 e. The normalized spacial score (nSPS) is 33.0. The number of fused-ring (bicyclic) bond motifs is 1. The van der Waals surface area contributed by atoms with Crippen molar-refractivity contribution < 1.29 is 63.8 Å². The molecule has 2 aliphatic rings. The molecule has 3 heterocycles. The lowest BCUT2D eigenvalue weighted by Crippen LogP contribution is -2.61. The van der Waals surface area contributed by atoms with Crippen LogP contribution in [0.25, 0.3) is 22.3 Å². The zero-order valence-corrected chi connectivity index (χ0v) is 24.4. The number of aliphatic hydroxyl groups is 6. The number of hydrogen-bond acceptors (Lipinski definition) is 14. The van der Waals surface area contributed by atoms with Crippen molar-refractivity contribution in [2.24, 2.45) is 0 Å². The lowest BCUT2D eigenvalue weighted by molar-refractivity contribution is -0.318. The highest BCUT2D eigenvalue weighted by atomic mass is 79.9. The maximum Gasteiger partial charge on any atom is 0.229 e. The summed E-state index contributed by atoms with van der Waals surface area (Å²) in [6.07, 6.45) is -14.9. The van der Waals surface area contributed by atoms with E-state index in [1.165, 1.54) is 20.1 Å². The Kier molecular flexibility index (Phi) is 9.29. The molecule has 0 amide bonds. The van der Waals surface area contributed by atoms with Crippen LogP contribution >= 0.6 is 15.9 Å². The monoisotopic (exact) mass is 670 g/mol. The SMILES string of the molecule is COc1ccc(-c2oc3cc(O[C@@H]4O[C@H](CO[C@@H]5O[C@@H](C)[C@H](O)[C@@H](O)[C@H]5O)[C@@H](O)[C@H](O)[C@H]4O)cc(O)c3c(=O)c2Br)cc1. The van der Waals surface area contributed by atoms with E-state index < -0.39 is 79.2 Å². The summed E-state index contributed by atoms with van der Waals surface area (Å²) in [7, 11) is 1.51. The fraction of sp³-hybridized carbons (Fsp3) is 0.464. The highest BCUT2D eigenvalue weighted by molar-refractivity contribution is 9.10. The van der Waals surface area contributed by atoms with Crippen molar-refractivity contribution in [3.8, 4) is 28.6 Å². The van der Waals surface area contributed by atoms with Gasteiger partial charge in [-0.2, -0.15) is 0 Å². The second-order valence-electron chi connectivity index (χ2n) is 10.3. The molecule has 15 heteroatoms. The number of aromatic hydroxyl groups is 1. The number of methoxy groups -OCH3 is 1. The van der Waals surface area contributed by atoms with Gasteiger partial charge in [0.1, 0.15) is 75.4 Å². The number of rotatable bonds is 7. The van der Waals surface area contributed by atoms with Gasteiger partial charge in [-0.15, -0.1) is 0 Å². The van der Waals surface area contributed by atoms with E-state index in [2.05, 4.69) is 15.9 Å². The molecule has 0 unspecified atom stereocenters. The summed E-state index contributed by atoms with van der Waals surface area (Å²) in [6, 6.07) is 9.09. The van der Waals surface area contributed by atoms with Crippen molar-refractivity contribution in [1.29, 1.82) is 0 Å². The Morgan fingerprint density at radius 2 is 1.49 bits per heavy atom. The van der Waals surface area contributed by atoms with E-state index in [0.29, 0.717) is 11.3 Å². The molecule has 0 radical (unpaired) electrons. The molecule has 2 fully saturated rings. The summed E-state index contributed by atoms with van der Waals surface area (Å²) in [5.41, 5.74) is -0.0788. The summed E-state index contributed by atoms with van der Waals surface area (Å²) in [4.78, 5) is 13.1. The molecule has 43 heavy (non-hydrogen) atoms. The van der Waals surface area contributed by atoms with Gasteiger partial charge in [-0.05, 0) is 47.1 Å². The van der Waals surface area contributed by atoms with Crippen molar-refractivity contribution in [3.05, 3.63) is 51.1 Å². The second kappa shape index (κ2) is 12.6. The first-order valence-corrected chi connectivity index (χ1v) is 14.0. The Bertz CT molecular complexity index is 1500. The molecule has 2 aromatic carbocycles. The van der Waals surface area contributed by atoms with Crippen LogP contribution in [0.4, 0.5) is 0 Å². The van der Waals surface area contributed by atoms with Gasteiger partial charge in [-0.1, -0.05) is 0 Å². The average Bonchev–Trinajstić information content (AvgIpc) is 2.99. The Hall–Kier alpha value is -2.83. The number of aliphatic hydroxyl groups excluding tert-OH is 6. The number of ether oxygens (including phenoxy) is 5. The van der Waals surface area contributed by atoms with Gasteiger partial charge < -0.3 is 63.8 Å². The summed E-state index contributed by atoms with van der Waals surface area (Å²) < 4.78 is 33.4. The smallest absolute Gasteiger partial charge is 0.229 e. The lowest BCUT2D eigenvalue weighted by Gasteiger charge is -2.42. The van der Waals surface area contributed by atoms with Gasteiger partial charge >= 0.3 is 0 Å². The van der Waals surface area contributed by atoms with Gasteiger partial charge in [0.2, 0.25) is 11.7 Å². The molecule has 2 aliphatic heterocycles. The predicted molar refractivity (Wildman–Crippen MR) is 149 cm³/mol. The van der Waals surface area contributed by atoms with E-state index >= 15 is 0 Å². The molecule has 0 aliphatic carbocycles. The van der Waals surface area contributed by atoms with Gasteiger partial charge in [0.25, 0.3) is 0 Å². The van der Waals surface area contributed by atoms with Gasteiger partial charge in [-0.25, -0.2) is 0 Å². The molecule has 3 aromatic rings. The Morgan fingerprint density at radius 3 is 2.16 bits per heavy atom. The highest BCUT2D eigenvalue weighted by Gasteiger charge is 2.47. The molecule has 2 saturated heterocycles. The quantitative estimate of drug-likeness (QED) is 0.176. The van der Waals surface area contributed by atoms with Crippen molar-refractivity contribution in [1.82, 2.24) is 0 Å². The zero-order valence-electron chi connectivity index (χ0n) is 22.8. The number of phenolic OH excluding ortho intramolecular Hbond substituents is 1. The van der Waals surface area contributed by atoms with Crippen molar-refractivity contribution in [2.75, 3.05) is 13.7 Å². The first-order chi connectivity index (χ1) is 20.4. The minimum Gasteiger partial charge on any atom is -0.507 e. The number of phenols is 1. The molecular formula is C28H31BrO14. The van der Waals surface area contributed by atoms with Crippen molar-refractivity contribution >= 4 is 26.9 Å². The van der Waals surface area contributed by atoms with Crippen LogP contribution < -0.4 is 14.9 Å². The molecule has 5 rings (SSSR count). The van der Waals surface area contributed by atoms with E-state index in [4.69, 9.17) is 28.1 Å². The third kappa shape index (κ3) is 6.10. The van der Waals surface area contributed by atoms with Crippen LogP contribution in [0.1, 0.15) is 6.92 Å². The fourth-order valence-corrected chi connectivity index (χ4v) is 5.38. The van der Waals surface area contributed by atoms with Gasteiger partial charge in [0, 0.05) is 17.7 Å². The minimum absolute atomic E-state index is 0.0573. The van der Waals surface area contributed by atoms with Crippen LogP contribution in [-0.2, 0) is 14.2 Å². The van der Waals surface area contributed by atoms with E-state index in [0.717, 1.165) is 6.07 Å². The summed E-state index contributed by atoms with van der Waals surface area (Å²) in [5.74, 6) is 0.153. The standard InChI is InChI=1S/C28H31BrO14/c1-10-19(31)22(34)24(36)27(40-10)39-9-16-20(32)23(35)25(37)28(43-16)41-13-7-14(30)17-15(8-13)42-26(18(29)21(17)33)11-3-5-12(38-2)6-4-11/h3-8,10,16,19-20,22-25,27-28,30-32,34-37H,9H2,1-2H3/t10-,16+,19-,20+,22+,23-,24+,25+,27+,28+/m0/s1. The Labute approximate surface area is 252 Å². The van der Waals surface area contributed by atoms with Crippen LogP contribution in [0, 0.1) is 0 Å². The van der Waals surface area contributed by atoms with Crippen LogP contribution in [0.15, 0.2) is 50.1 Å². The van der Waals surface area contributed by atoms with Crippen LogP contribution in [-0.4, -0.2) is 111 Å². The van der Waals surface area contributed by atoms with Crippen molar-refractivity contribution in [2.45, 2.75) is 68.3 Å². The first-order valence-electron chi connectivity index (χ1n) is 13.2. The predicted octanol–water partition coefficient (Wildman–Crippen LogP) is -0.0328. The third-order valence-corrected chi connectivity index (χ3v) is 8.12. The van der Waals surface area contributed by atoms with E-state index in [1.807, 2.05) is 0 Å². The number of benzene rings is 2. The average molecular weight is 671 g/mol. The molecule has 0 saturated carbocycles. The minimum atomic E-state index is -1.76. The van der Waals surface area contributed by atoms with Gasteiger partial charge in [0.15, 0.2) is 12.1 Å². The molecule has 0 spiro atoms. The van der Waals surface area contributed by atoms with E-state index in [9.17, 15) is 40.5 Å². The van der Waals surface area contributed by atoms with Gasteiger partial charge in [0.05, 0.1) is 19.8 Å². The maximum atomic E-state index is 13.1. The zero-order chi connectivity index (χ0) is 31.2. The number of hydrogen-bond donors (Lipinski definition) is 7. The van der Waals surface area contributed by atoms with Crippen LogP contribution in [0.5, 0.6) is 17.2 Å². The molecule has 7 N–H and O–H groups in total. The lowest BCUT2D eigenvalue weighted by atomic mass is 9.98. The topological polar surface area (TPSA) is 218 Å². The Morgan fingerprint density at radius 1 is 0.837 bits per heavy atom.